The van der Waals surface area contributed by atoms with Crippen LogP contribution in [0.5, 0.6) is 5.75 Å². The highest BCUT2D eigenvalue weighted by Gasteiger charge is 2.24. The first-order valence-electron chi connectivity index (χ1n) is 9.77. The Morgan fingerprint density at radius 1 is 1.28 bits per heavy atom. The van der Waals surface area contributed by atoms with Gasteiger partial charge >= 0.3 is 0 Å². The number of benzene rings is 1. The third-order valence-electron chi connectivity index (χ3n) is 4.96. The first-order chi connectivity index (χ1) is 14.2. The van der Waals surface area contributed by atoms with Crippen LogP contribution in [0.2, 0.25) is 0 Å². The molecule has 2 aromatic heterocycles. The third kappa shape index (κ3) is 5.02. The highest BCUT2D eigenvalue weighted by atomic mass is 32.1. The molecular formula is C21H24N4O3S. The van der Waals surface area contributed by atoms with Gasteiger partial charge in [0, 0.05) is 23.9 Å². The van der Waals surface area contributed by atoms with Crippen LogP contribution in [0.3, 0.4) is 0 Å². The van der Waals surface area contributed by atoms with Crippen LogP contribution in [0.25, 0.3) is 0 Å². The molecule has 7 nitrogen and oxygen atoms in total. The second kappa shape index (κ2) is 9.19. The molecule has 0 bridgehead atoms. The Morgan fingerprint density at radius 3 is 2.72 bits per heavy atom. The van der Waals surface area contributed by atoms with Gasteiger partial charge in [0.15, 0.2) is 6.61 Å². The summed E-state index contributed by atoms with van der Waals surface area (Å²) in [6.45, 7) is 4.74. The van der Waals surface area contributed by atoms with Gasteiger partial charge in [0.2, 0.25) is 11.7 Å². The van der Waals surface area contributed by atoms with Crippen molar-refractivity contribution < 1.29 is 14.1 Å². The van der Waals surface area contributed by atoms with E-state index in [4.69, 9.17) is 9.26 Å². The van der Waals surface area contributed by atoms with Gasteiger partial charge in [-0.25, -0.2) is 0 Å². The fourth-order valence-corrected chi connectivity index (χ4v) is 4.35. The van der Waals surface area contributed by atoms with E-state index in [0.29, 0.717) is 29.6 Å². The molecule has 1 aliphatic heterocycles. The average Bonchev–Trinajstić information content (AvgIpc) is 3.50. The van der Waals surface area contributed by atoms with E-state index >= 15 is 0 Å². The standard InChI is InChI=1S/C21H24N4O3S/c1-15-23-20(24-28-15)14-27-17-8-6-16(7-9-17)21(26)22-13-18(19-5-4-12-29-19)25-10-2-3-11-25/h4-9,12,18H,2-3,10-11,13-14H2,1H3,(H,22,26). The number of likely N-dealkylation sites (tertiary alicyclic amines) is 1. The molecular weight excluding hydrogens is 388 g/mol. The van der Waals surface area contributed by atoms with Gasteiger partial charge in [-0.05, 0) is 61.6 Å². The van der Waals surface area contributed by atoms with Crippen LogP contribution in [0.1, 0.15) is 45.8 Å². The van der Waals surface area contributed by atoms with Crippen molar-refractivity contribution in [3.05, 3.63) is 63.9 Å². The minimum absolute atomic E-state index is 0.0777. The number of rotatable bonds is 8. The zero-order valence-electron chi connectivity index (χ0n) is 16.3. The zero-order valence-corrected chi connectivity index (χ0v) is 17.2. The number of carbonyl (C=O) groups is 1. The number of carbonyl (C=O) groups excluding carboxylic acids is 1. The summed E-state index contributed by atoms with van der Waals surface area (Å²) in [4.78, 5) is 20.5. The molecule has 1 aliphatic rings. The van der Waals surface area contributed by atoms with Crippen LogP contribution in [0.4, 0.5) is 0 Å². The minimum Gasteiger partial charge on any atom is -0.485 e. The van der Waals surface area contributed by atoms with E-state index < -0.39 is 0 Å². The Balaban J connectivity index is 1.32. The van der Waals surface area contributed by atoms with Crippen molar-refractivity contribution in [3.8, 4) is 5.75 Å². The van der Waals surface area contributed by atoms with Gasteiger partial charge in [-0.15, -0.1) is 11.3 Å². The lowest BCUT2D eigenvalue weighted by molar-refractivity contribution is 0.0938. The molecule has 152 valence electrons. The summed E-state index contributed by atoms with van der Waals surface area (Å²) in [5.41, 5.74) is 0.610. The fraction of sp³-hybridized carbons (Fsp3) is 0.381. The number of thiophene rings is 1. The Hall–Kier alpha value is -2.71. The average molecular weight is 413 g/mol. The highest BCUT2D eigenvalue weighted by Crippen LogP contribution is 2.28. The van der Waals surface area contributed by atoms with Crippen molar-refractivity contribution in [3.63, 3.8) is 0 Å². The molecule has 8 heteroatoms. The molecule has 1 saturated heterocycles. The Labute approximate surface area is 173 Å². The molecule has 1 amide bonds. The lowest BCUT2D eigenvalue weighted by atomic mass is 10.1. The zero-order chi connectivity index (χ0) is 20.1. The summed E-state index contributed by atoms with van der Waals surface area (Å²) in [6.07, 6.45) is 2.45. The molecule has 0 aliphatic carbocycles. The lowest BCUT2D eigenvalue weighted by Gasteiger charge is -2.26. The van der Waals surface area contributed by atoms with E-state index in [1.54, 1.807) is 42.5 Å². The van der Waals surface area contributed by atoms with Gasteiger partial charge in [-0.2, -0.15) is 4.98 Å². The van der Waals surface area contributed by atoms with Crippen LogP contribution in [-0.2, 0) is 6.61 Å². The number of hydrogen-bond donors (Lipinski definition) is 1. The molecule has 3 heterocycles. The predicted octanol–water partition coefficient (Wildman–Crippen LogP) is 3.59. The second-order valence-electron chi connectivity index (χ2n) is 7.03. The number of amides is 1. The van der Waals surface area contributed by atoms with E-state index in [2.05, 4.69) is 37.9 Å². The highest BCUT2D eigenvalue weighted by molar-refractivity contribution is 7.10. The molecule has 0 saturated carbocycles. The summed E-state index contributed by atoms with van der Waals surface area (Å²) in [5, 5.41) is 8.98. The van der Waals surface area contributed by atoms with Gasteiger partial charge in [0.25, 0.3) is 5.91 Å². The summed E-state index contributed by atoms with van der Waals surface area (Å²) >= 11 is 1.75. The van der Waals surface area contributed by atoms with Crippen molar-refractivity contribution >= 4 is 17.2 Å². The summed E-state index contributed by atoms with van der Waals surface area (Å²) in [6, 6.07) is 11.5. The molecule has 29 heavy (non-hydrogen) atoms. The normalized spacial score (nSPS) is 15.3. The Bertz CT molecular complexity index is 918. The fourth-order valence-electron chi connectivity index (χ4n) is 3.49. The smallest absolute Gasteiger partial charge is 0.251 e. The van der Waals surface area contributed by atoms with E-state index in [9.17, 15) is 4.79 Å². The topological polar surface area (TPSA) is 80.5 Å². The predicted molar refractivity (Wildman–Crippen MR) is 110 cm³/mol. The molecule has 1 aromatic carbocycles. The first-order valence-corrected chi connectivity index (χ1v) is 10.6. The van der Waals surface area contributed by atoms with Crippen LogP contribution < -0.4 is 10.1 Å². The van der Waals surface area contributed by atoms with Crippen LogP contribution in [-0.4, -0.2) is 40.6 Å². The molecule has 1 N–H and O–H groups in total. The molecule has 0 spiro atoms. The number of aromatic nitrogens is 2. The van der Waals surface area contributed by atoms with Crippen molar-refractivity contribution in [2.24, 2.45) is 0 Å². The van der Waals surface area contributed by atoms with Gasteiger partial charge < -0.3 is 14.6 Å². The van der Waals surface area contributed by atoms with Crippen LogP contribution >= 0.6 is 11.3 Å². The quantitative estimate of drug-likeness (QED) is 0.609. The van der Waals surface area contributed by atoms with Crippen molar-refractivity contribution in [2.45, 2.75) is 32.4 Å². The minimum atomic E-state index is -0.0777. The van der Waals surface area contributed by atoms with Gasteiger partial charge in [0.1, 0.15) is 5.75 Å². The van der Waals surface area contributed by atoms with E-state index in [-0.39, 0.29) is 18.6 Å². The van der Waals surface area contributed by atoms with Gasteiger partial charge in [-0.3, -0.25) is 9.69 Å². The van der Waals surface area contributed by atoms with Crippen molar-refractivity contribution in [2.75, 3.05) is 19.6 Å². The maximum Gasteiger partial charge on any atom is 0.251 e. The Kier molecular flexibility index (Phi) is 6.21. The first kappa shape index (κ1) is 19.6. The molecule has 3 aromatic rings. The van der Waals surface area contributed by atoms with Crippen molar-refractivity contribution in [1.82, 2.24) is 20.4 Å². The van der Waals surface area contributed by atoms with Gasteiger partial charge in [0.05, 0.1) is 6.04 Å². The third-order valence-corrected chi connectivity index (χ3v) is 5.94. The summed E-state index contributed by atoms with van der Waals surface area (Å²) in [5.74, 6) is 1.57. The van der Waals surface area contributed by atoms with E-state index in [0.717, 1.165) is 13.1 Å². The number of nitrogens with one attached hydrogen (secondary N) is 1. The van der Waals surface area contributed by atoms with Crippen LogP contribution in [0.15, 0.2) is 46.3 Å². The second-order valence-corrected chi connectivity index (χ2v) is 8.01. The maximum atomic E-state index is 12.6. The number of hydrogen-bond acceptors (Lipinski definition) is 7. The molecule has 1 unspecified atom stereocenters. The lowest BCUT2D eigenvalue weighted by Crippen LogP contribution is -2.36. The molecule has 1 fully saturated rings. The number of ether oxygens (including phenoxy) is 1. The van der Waals surface area contributed by atoms with Crippen LogP contribution in [0, 0.1) is 6.92 Å². The monoisotopic (exact) mass is 412 g/mol. The maximum absolute atomic E-state index is 12.6. The molecule has 0 radical (unpaired) electrons. The summed E-state index contributed by atoms with van der Waals surface area (Å²) < 4.78 is 10.5. The summed E-state index contributed by atoms with van der Waals surface area (Å²) in [7, 11) is 0. The number of nitrogens with zero attached hydrogens (tertiary/aromatic N) is 3. The van der Waals surface area contributed by atoms with Crippen molar-refractivity contribution in [1.29, 1.82) is 0 Å². The van der Waals surface area contributed by atoms with E-state index in [1.807, 2.05) is 0 Å². The van der Waals surface area contributed by atoms with Gasteiger partial charge in [-0.1, -0.05) is 11.2 Å². The Morgan fingerprint density at radius 2 is 2.07 bits per heavy atom. The largest absolute Gasteiger partial charge is 0.485 e. The van der Waals surface area contributed by atoms with E-state index in [1.165, 1.54) is 17.7 Å². The SMILES string of the molecule is Cc1nc(COc2ccc(C(=O)NCC(c3cccs3)N3CCCC3)cc2)no1. The number of aryl methyl sites for hydroxylation is 1. The molecule has 1 atom stereocenters. The molecule has 4 rings (SSSR count).